The van der Waals surface area contributed by atoms with Gasteiger partial charge in [0.05, 0.1) is 12.3 Å². The van der Waals surface area contributed by atoms with Gasteiger partial charge in [0.25, 0.3) is 0 Å². The highest BCUT2D eigenvalue weighted by atomic mass is 32.1. The fraction of sp³-hybridized carbons (Fsp3) is 0.250. The molecule has 2 nitrogen and oxygen atoms in total. The fourth-order valence-electron chi connectivity index (χ4n) is 1.31. The SMILES string of the molecule is CCOCc1nc(-c2ccccc2)cs1. The van der Waals surface area contributed by atoms with Crippen LogP contribution >= 0.6 is 11.3 Å². The summed E-state index contributed by atoms with van der Waals surface area (Å²) in [6, 6.07) is 10.2. The van der Waals surface area contributed by atoms with Gasteiger partial charge >= 0.3 is 0 Å². The number of aromatic nitrogens is 1. The van der Waals surface area contributed by atoms with Crippen LogP contribution in [-0.2, 0) is 11.3 Å². The molecule has 0 spiro atoms. The molecule has 0 saturated carbocycles. The molecule has 0 saturated heterocycles. The number of rotatable bonds is 4. The number of nitrogens with zero attached hydrogens (tertiary/aromatic N) is 1. The average molecular weight is 219 g/mol. The lowest BCUT2D eigenvalue weighted by Gasteiger charge is -1.96. The third-order valence-electron chi connectivity index (χ3n) is 2.05. The highest BCUT2D eigenvalue weighted by molar-refractivity contribution is 7.09. The van der Waals surface area contributed by atoms with Crippen LogP contribution in [0.2, 0.25) is 0 Å². The van der Waals surface area contributed by atoms with Crippen LogP contribution < -0.4 is 0 Å². The molecule has 1 heterocycles. The van der Waals surface area contributed by atoms with Gasteiger partial charge in [-0.2, -0.15) is 0 Å². The number of hydrogen-bond donors (Lipinski definition) is 0. The van der Waals surface area contributed by atoms with Crippen LogP contribution in [-0.4, -0.2) is 11.6 Å². The molecule has 0 aliphatic heterocycles. The van der Waals surface area contributed by atoms with Crippen molar-refractivity contribution in [3.05, 3.63) is 40.7 Å². The van der Waals surface area contributed by atoms with Gasteiger partial charge in [-0.05, 0) is 6.92 Å². The number of thiazole rings is 1. The minimum Gasteiger partial charge on any atom is -0.375 e. The van der Waals surface area contributed by atoms with Gasteiger partial charge < -0.3 is 4.74 Å². The van der Waals surface area contributed by atoms with Crippen molar-refractivity contribution in [2.24, 2.45) is 0 Å². The van der Waals surface area contributed by atoms with Gasteiger partial charge in [-0.25, -0.2) is 4.98 Å². The highest BCUT2D eigenvalue weighted by Gasteiger charge is 2.03. The second kappa shape index (κ2) is 5.05. The summed E-state index contributed by atoms with van der Waals surface area (Å²) in [6.07, 6.45) is 0. The predicted octanol–water partition coefficient (Wildman–Crippen LogP) is 3.35. The third kappa shape index (κ3) is 2.64. The molecule has 3 heteroatoms. The first-order valence-corrected chi connectivity index (χ1v) is 5.85. The molecule has 2 aromatic rings. The van der Waals surface area contributed by atoms with Crippen LogP contribution in [0.15, 0.2) is 35.7 Å². The molecule has 2 rings (SSSR count). The molecular formula is C12H13NOS. The van der Waals surface area contributed by atoms with E-state index >= 15 is 0 Å². The third-order valence-corrected chi connectivity index (χ3v) is 2.87. The Morgan fingerprint density at radius 1 is 1.27 bits per heavy atom. The Labute approximate surface area is 93.6 Å². The molecular weight excluding hydrogens is 206 g/mol. The van der Waals surface area contributed by atoms with Crippen molar-refractivity contribution < 1.29 is 4.74 Å². The first-order chi connectivity index (χ1) is 7.40. The monoisotopic (exact) mass is 219 g/mol. The lowest BCUT2D eigenvalue weighted by Crippen LogP contribution is -1.90. The van der Waals surface area contributed by atoms with Crippen LogP contribution in [0.5, 0.6) is 0 Å². The van der Waals surface area contributed by atoms with E-state index in [9.17, 15) is 0 Å². The summed E-state index contributed by atoms with van der Waals surface area (Å²) < 4.78 is 5.32. The minimum absolute atomic E-state index is 0.619. The largest absolute Gasteiger partial charge is 0.375 e. The highest BCUT2D eigenvalue weighted by Crippen LogP contribution is 2.21. The number of benzene rings is 1. The van der Waals surface area contributed by atoms with E-state index in [0.29, 0.717) is 6.61 Å². The Balaban J connectivity index is 2.14. The predicted molar refractivity (Wildman–Crippen MR) is 62.9 cm³/mol. The molecule has 0 fully saturated rings. The zero-order valence-corrected chi connectivity index (χ0v) is 9.46. The first kappa shape index (κ1) is 10.3. The van der Waals surface area contributed by atoms with Gasteiger partial charge in [-0.1, -0.05) is 30.3 Å². The van der Waals surface area contributed by atoms with Gasteiger partial charge in [0.1, 0.15) is 5.01 Å². The summed E-state index contributed by atoms with van der Waals surface area (Å²) in [6.45, 7) is 3.35. The molecule has 1 aromatic carbocycles. The van der Waals surface area contributed by atoms with Crippen LogP contribution in [0.25, 0.3) is 11.3 Å². The summed E-state index contributed by atoms with van der Waals surface area (Å²) in [5.41, 5.74) is 2.20. The molecule has 1 aromatic heterocycles. The van der Waals surface area contributed by atoms with Gasteiger partial charge in [-0.3, -0.25) is 0 Å². The van der Waals surface area contributed by atoms with E-state index in [1.165, 1.54) is 0 Å². The second-order valence-electron chi connectivity index (χ2n) is 3.13. The van der Waals surface area contributed by atoms with Gasteiger partial charge in [0.15, 0.2) is 0 Å². The van der Waals surface area contributed by atoms with Crippen LogP contribution in [0.3, 0.4) is 0 Å². The van der Waals surface area contributed by atoms with E-state index in [1.54, 1.807) is 11.3 Å². The Kier molecular flexibility index (Phi) is 3.48. The Morgan fingerprint density at radius 2 is 2.07 bits per heavy atom. The van der Waals surface area contributed by atoms with E-state index in [-0.39, 0.29) is 0 Å². The summed E-state index contributed by atoms with van der Waals surface area (Å²) in [5.74, 6) is 0. The molecule has 0 bridgehead atoms. The van der Waals surface area contributed by atoms with Crippen molar-refractivity contribution in [3.8, 4) is 11.3 Å². The van der Waals surface area contributed by atoms with Crippen molar-refractivity contribution in [2.75, 3.05) is 6.61 Å². The first-order valence-electron chi connectivity index (χ1n) is 4.97. The zero-order chi connectivity index (χ0) is 10.5. The van der Waals surface area contributed by atoms with Gasteiger partial charge in [0, 0.05) is 17.6 Å². The van der Waals surface area contributed by atoms with Crippen molar-refractivity contribution in [1.29, 1.82) is 0 Å². The molecule has 0 aliphatic rings. The standard InChI is InChI=1S/C12H13NOS/c1-2-14-8-12-13-11(9-15-12)10-6-4-3-5-7-10/h3-7,9H,2,8H2,1H3. The van der Waals surface area contributed by atoms with E-state index in [4.69, 9.17) is 4.74 Å². The molecule has 0 atom stereocenters. The van der Waals surface area contributed by atoms with Gasteiger partial charge in [0.2, 0.25) is 0 Å². The smallest absolute Gasteiger partial charge is 0.119 e. The lowest BCUT2D eigenvalue weighted by molar-refractivity contribution is 0.134. The van der Waals surface area contributed by atoms with Gasteiger partial charge in [-0.15, -0.1) is 11.3 Å². The average Bonchev–Trinajstić information content (AvgIpc) is 2.76. The van der Waals surface area contributed by atoms with E-state index in [2.05, 4.69) is 22.5 Å². The maximum absolute atomic E-state index is 5.32. The lowest BCUT2D eigenvalue weighted by atomic mass is 10.2. The Bertz CT molecular complexity index is 411. The quantitative estimate of drug-likeness (QED) is 0.786. The van der Waals surface area contributed by atoms with Crippen LogP contribution in [0, 0.1) is 0 Å². The maximum atomic E-state index is 5.32. The maximum Gasteiger partial charge on any atom is 0.119 e. The van der Waals surface area contributed by atoms with E-state index < -0.39 is 0 Å². The molecule has 78 valence electrons. The molecule has 0 radical (unpaired) electrons. The summed E-state index contributed by atoms with van der Waals surface area (Å²) in [7, 11) is 0. The Hall–Kier alpha value is -1.19. The molecule has 0 N–H and O–H groups in total. The summed E-state index contributed by atoms with van der Waals surface area (Å²) in [5, 5.41) is 3.11. The van der Waals surface area contributed by atoms with Crippen molar-refractivity contribution >= 4 is 11.3 Å². The molecule has 0 aliphatic carbocycles. The fourth-order valence-corrected chi connectivity index (χ4v) is 2.05. The van der Waals surface area contributed by atoms with Crippen LogP contribution in [0.1, 0.15) is 11.9 Å². The summed E-state index contributed by atoms with van der Waals surface area (Å²) in [4.78, 5) is 4.51. The normalized spacial score (nSPS) is 10.5. The molecule has 15 heavy (non-hydrogen) atoms. The number of ether oxygens (including phenoxy) is 1. The van der Waals surface area contributed by atoms with E-state index in [1.807, 2.05) is 25.1 Å². The number of hydrogen-bond acceptors (Lipinski definition) is 3. The minimum atomic E-state index is 0.619. The zero-order valence-electron chi connectivity index (χ0n) is 8.64. The van der Waals surface area contributed by atoms with Crippen LogP contribution in [0.4, 0.5) is 0 Å². The van der Waals surface area contributed by atoms with Crippen molar-refractivity contribution in [2.45, 2.75) is 13.5 Å². The van der Waals surface area contributed by atoms with Crippen molar-refractivity contribution in [3.63, 3.8) is 0 Å². The van der Waals surface area contributed by atoms with Crippen molar-refractivity contribution in [1.82, 2.24) is 4.98 Å². The Morgan fingerprint density at radius 3 is 2.80 bits per heavy atom. The van der Waals surface area contributed by atoms with E-state index in [0.717, 1.165) is 22.9 Å². The molecule has 0 amide bonds. The second-order valence-corrected chi connectivity index (χ2v) is 4.07. The molecule has 0 unspecified atom stereocenters. The summed E-state index contributed by atoms with van der Waals surface area (Å²) >= 11 is 1.65. The topological polar surface area (TPSA) is 22.1 Å².